The lowest BCUT2D eigenvalue weighted by Crippen LogP contribution is -2.42. The third-order valence-corrected chi connectivity index (χ3v) is 4.68. The summed E-state index contributed by atoms with van der Waals surface area (Å²) in [5, 5.41) is 3.74. The van der Waals surface area contributed by atoms with Gasteiger partial charge in [-0.2, -0.15) is 0 Å². The zero-order chi connectivity index (χ0) is 13.1. The first-order chi connectivity index (χ1) is 9.35. The topological polar surface area (TPSA) is 15.3 Å². The maximum atomic E-state index is 3.74. The summed E-state index contributed by atoms with van der Waals surface area (Å²) in [6.07, 6.45) is 7.87. The van der Waals surface area contributed by atoms with E-state index in [0.717, 1.165) is 6.04 Å². The van der Waals surface area contributed by atoms with Gasteiger partial charge in [0.1, 0.15) is 0 Å². The highest BCUT2D eigenvalue weighted by Crippen LogP contribution is 2.28. The van der Waals surface area contributed by atoms with Gasteiger partial charge in [-0.25, -0.2) is 0 Å². The van der Waals surface area contributed by atoms with Crippen molar-refractivity contribution in [3.8, 4) is 0 Å². The van der Waals surface area contributed by atoms with Crippen molar-refractivity contribution in [3.05, 3.63) is 29.8 Å². The van der Waals surface area contributed by atoms with Crippen molar-refractivity contribution in [2.24, 2.45) is 0 Å². The summed E-state index contributed by atoms with van der Waals surface area (Å²) >= 11 is 0. The van der Waals surface area contributed by atoms with E-state index in [4.69, 9.17) is 0 Å². The average molecular weight is 258 g/mol. The van der Waals surface area contributed by atoms with Crippen molar-refractivity contribution in [3.63, 3.8) is 0 Å². The van der Waals surface area contributed by atoms with Crippen molar-refractivity contribution in [1.82, 2.24) is 4.90 Å². The Morgan fingerprint density at radius 2 is 2.00 bits per heavy atom. The Kier molecular flexibility index (Phi) is 4.07. The number of nitrogens with zero attached hydrogens (tertiary/aromatic N) is 1. The zero-order valence-corrected chi connectivity index (χ0v) is 12.1. The van der Waals surface area contributed by atoms with Gasteiger partial charge in [-0.05, 0) is 56.3 Å². The molecular formula is C17H26N2. The summed E-state index contributed by atoms with van der Waals surface area (Å²) in [6, 6.07) is 10.6. The SMILES string of the molecule is CCCc1ccc(NC2CCN3CCCC3C2)cc1. The van der Waals surface area contributed by atoms with Gasteiger partial charge in [0, 0.05) is 24.3 Å². The van der Waals surface area contributed by atoms with Crippen LogP contribution >= 0.6 is 0 Å². The molecule has 0 radical (unpaired) electrons. The second kappa shape index (κ2) is 5.96. The van der Waals surface area contributed by atoms with Crippen LogP contribution in [0.1, 0.15) is 44.6 Å². The van der Waals surface area contributed by atoms with E-state index in [1.165, 1.54) is 62.9 Å². The number of rotatable bonds is 4. The molecule has 19 heavy (non-hydrogen) atoms. The van der Waals surface area contributed by atoms with Crippen molar-refractivity contribution in [1.29, 1.82) is 0 Å². The van der Waals surface area contributed by atoms with Crippen LogP contribution in [0.5, 0.6) is 0 Å². The Hall–Kier alpha value is -1.02. The number of anilines is 1. The van der Waals surface area contributed by atoms with Crippen LogP contribution < -0.4 is 5.32 Å². The molecule has 0 bridgehead atoms. The molecule has 2 atom stereocenters. The summed E-state index contributed by atoms with van der Waals surface area (Å²) in [7, 11) is 0. The maximum absolute atomic E-state index is 3.74. The lowest BCUT2D eigenvalue weighted by Gasteiger charge is -2.35. The molecule has 1 aromatic rings. The van der Waals surface area contributed by atoms with E-state index in [1.807, 2.05) is 0 Å². The fourth-order valence-electron chi connectivity index (χ4n) is 3.65. The fourth-order valence-corrected chi connectivity index (χ4v) is 3.65. The van der Waals surface area contributed by atoms with Gasteiger partial charge in [-0.1, -0.05) is 25.5 Å². The Labute approximate surface area is 117 Å². The molecule has 2 unspecified atom stereocenters. The third kappa shape index (κ3) is 3.11. The Morgan fingerprint density at radius 3 is 2.79 bits per heavy atom. The lowest BCUT2D eigenvalue weighted by atomic mass is 9.97. The minimum absolute atomic E-state index is 0.677. The second-order valence-electron chi connectivity index (χ2n) is 6.14. The molecule has 1 N–H and O–H groups in total. The Balaban J connectivity index is 1.56. The maximum Gasteiger partial charge on any atom is 0.0342 e. The highest BCUT2D eigenvalue weighted by Gasteiger charge is 2.31. The van der Waals surface area contributed by atoms with Gasteiger partial charge in [0.05, 0.1) is 0 Å². The summed E-state index contributed by atoms with van der Waals surface area (Å²) in [5.74, 6) is 0. The number of benzene rings is 1. The standard InChI is InChI=1S/C17H26N2/c1-2-4-14-6-8-15(9-7-14)18-16-10-12-19-11-3-5-17(19)13-16/h6-9,16-18H,2-5,10-13H2,1H3. The summed E-state index contributed by atoms with van der Waals surface area (Å²) in [6.45, 7) is 4.86. The van der Waals surface area contributed by atoms with Gasteiger partial charge >= 0.3 is 0 Å². The van der Waals surface area contributed by atoms with Gasteiger partial charge in [0.15, 0.2) is 0 Å². The molecule has 2 saturated heterocycles. The molecule has 0 saturated carbocycles. The highest BCUT2D eigenvalue weighted by atomic mass is 15.2. The molecule has 3 rings (SSSR count). The minimum Gasteiger partial charge on any atom is -0.382 e. The number of piperidine rings is 1. The van der Waals surface area contributed by atoms with E-state index in [2.05, 4.69) is 41.4 Å². The monoisotopic (exact) mass is 258 g/mol. The predicted molar refractivity (Wildman–Crippen MR) is 81.7 cm³/mol. The molecule has 0 amide bonds. The van der Waals surface area contributed by atoms with Crippen molar-refractivity contribution in [2.45, 2.75) is 57.5 Å². The Morgan fingerprint density at radius 1 is 1.16 bits per heavy atom. The quantitative estimate of drug-likeness (QED) is 0.886. The molecular weight excluding hydrogens is 232 g/mol. The van der Waals surface area contributed by atoms with Crippen molar-refractivity contribution in [2.75, 3.05) is 18.4 Å². The number of hydrogen-bond acceptors (Lipinski definition) is 2. The first-order valence-corrected chi connectivity index (χ1v) is 7.94. The third-order valence-electron chi connectivity index (χ3n) is 4.68. The molecule has 0 aromatic heterocycles. The molecule has 104 valence electrons. The average Bonchev–Trinajstić information content (AvgIpc) is 2.89. The Bertz CT molecular complexity index is 398. The molecule has 2 aliphatic rings. The lowest BCUT2D eigenvalue weighted by molar-refractivity contribution is 0.188. The smallest absolute Gasteiger partial charge is 0.0342 e. The molecule has 2 heterocycles. The van der Waals surface area contributed by atoms with Crippen LogP contribution in [0, 0.1) is 0 Å². The molecule has 2 aliphatic heterocycles. The fraction of sp³-hybridized carbons (Fsp3) is 0.647. The number of fused-ring (bicyclic) bond motifs is 1. The highest BCUT2D eigenvalue weighted by molar-refractivity contribution is 5.45. The molecule has 2 fully saturated rings. The van der Waals surface area contributed by atoms with Crippen LogP contribution in [0.2, 0.25) is 0 Å². The van der Waals surface area contributed by atoms with E-state index in [9.17, 15) is 0 Å². The van der Waals surface area contributed by atoms with Crippen LogP contribution in [0.15, 0.2) is 24.3 Å². The number of hydrogen-bond donors (Lipinski definition) is 1. The van der Waals surface area contributed by atoms with Crippen LogP contribution in [0.25, 0.3) is 0 Å². The van der Waals surface area contributed by atoms with E-state index < -0.39 is 0 Å². The van der Waals surface area contributed by atoms with E-state index >= 15 is 0 Å². The van der Waals surface area contributed by atoms with Crippen LogP contribution in [-0.4, -0.2) is 30.1 Å². The molecule has 0 aliphatic carbocycles. The largest absolute Gasteiger partial charge is 0.382 e. The minimum atomic E-state index is 0.677. The van der Waals surface area contributed by atoms with Gasteiger partial charge in [-0.15, -0.1) is 0 Å². The number of nitrogens with one attached hydrogen (secondary N) is 1. The first kappa shape index (κ1) is 13.0. The van der Waals surface area contributed by atoms with E-state index in [-0.39, 0.29) is 0 Å². The van der Waals surface area contributed by atoms with Gasteiger partial charge < -0.3 is 10.2 Å². The van der Waals surface area contributed by atoms with Crippen LogP contribution in [-0.2, 0) is 6.42 Å². The van der Waals surface area contributed by atoms with E-state index in [0.29, 0.717) is 6.04 Å². The van der Waals surface area contributed by atoms with Crippen LogP contribution in [0.3, 0.4) is 0 Å². The summed E-state index contributed by atoms with van der Waals surface area (Å²) < 4.78 is 0. The molecule has 2 heteroatoms. The van der Waals surface area contributed by atoms with Gasteiger partial charge in [-0.3, -0.25) is 0 Å². The number of aryl methyl sites for hydroxylation is 1. The van der Waals surface area contributed by atoms with Crippen molar-refractivity contribution >= 4 is 5.69 Å². The zero-order valence-electron chi connectivity index (χ0n) is 12.1. The van der Waals surface area contributed by atoms with Crippen LogP contribution in [0.4, 0.5) is 5.69 Å². The van der Waals surface area contributed by atoms with Gasteiger partial charge in [0.2, 0.25) is 0 Å². The molecule has 1 aromatic carbocycles. The second-order valence-corrected chi connectivity index (χ2v) is 6.14. The summed E-state index contributed by atoms with van der Waals surface area (Å²) in [5.41, 5.74) is 2.76. The molecule has 0 spiro atoms. The predicted octanol–water partition coefficient (Wildman–Crippen LogP) is 3.68. The molecule has 2 nitrogen and oxygen atoms in total. The summed E-state index contributed by atoms with van der Waals surface area (Å²) in [4.78, 5) is 2.68. The first-order valence-electron chi connectivity index (χ1n) is 7.94. The van der Waals surface area contributed by atoms with Crippen molar-refractivity contribution < 1.29 is 0 Å². The van der Waals surface area contributed by atoms with Gasteiger partial charge in [0.25, 0.3) is 0 Å². The normalized spacial score (nSPS) is 27.2. The van der Waals surface area contributed by atoms with E-state index in [1.54, 1.807) is 0 Å².